The van der Waals surface area contributed by atoms with E-state index in [0.717, 1.165) is 0 Å². The topological polar surface area (TPSA) is 40.6 Å². The summed E-state index contributed by atoms with van der Waals surface area (Å²) in [5.74, 6) is -2.99. The lowest BCUT2D eigenvalue weighted by Crippen LogP contribution is -2.49. The number of allylic oxidation sites excluding steroid dienone is 3. The quantitative estimate of drug-likeness (QED) is 0.725. The smallest absolute Gasteiger partial charge is 0.269 e. The summed E-state index contributed by atoms with van der Waals surface area (Å²) in [5, 5.41) is 0. The zero-order valence-electron chi connectivity index (χ0n) is 14.9. The second-order valence-electron chi connectivity index (χ2n) is 7.29. The molecule has 0 bridgehead atoms. The van der Waals surface area contributed by atoms with Gasteiger partial charge < -0.3 is 9.80 Å². The van der Waals surface area contributed by atoms with Gasteiger partial charge in [0.1, 0.15) is 0 Å². The minimum atomic E-state index is -2.80. The largest absolute Gasteiger partial charge is 0.339 e. The third kappa shape index (κ3) is 3.84. The summed E-state index contributed by atoms with van der Waals surface area (Å²) >= 11 is 0. The van der Waals surface area contributed by atoms with Crippen LogP contribution in [0.15, 0.2) is 23.3 Å². The van der Waals surface area contributed by atoms with Crippen molar-refractivity contribution in [1.29, 1.82) is 0 Å². The fourth-order valence-electron chi connectivity index (χ4n) is 3.35. The van der Waals surface area contributed by atoms with Crippen molar-refractivity contribution in [3.8, 4) is 0 Å². The van der Waals surface area contributed by atoms with Crippen molar-refractivity contribution in [3.63, 3.8) is 0 Å². The zero-order chi connectivity index (χ0) is 18.1. The van der Waals surface area contributed by atoms with Gasteiger partial charge in [-0.05, 0) is 29.9 Å². The van der Waals surface area contributed by atoms with Crippen LogP contribution in [0, 0.1) is 5.41 Å². The maximum absolute atomic E-state index is 14.0. The van der Waals surface area contributed by atoms with Crippen LogP contribution in [0.25, 0.3) is 0 Å². The number of alkyl halides is 2. The Kier molecular flexibility index (Phi) is 5.16. The highest BCUT2D eigenvalue weighted by molar-refractivity contribution is 5.88. The lowest BCUT2D eigenvalue weighted by Gasteiger charge is -2.37. The van der Waals surface area contributed by atoms with E-state index >= 15 is 0 Å². The van der Waals surface area contributed by atoms with Gasteiger partial charge in [0.15, 0.2) is 0 Å². The number of halogens is 2. The van der Waals surface area contributed by atoms with Crippen molar-refractivity contribution in [3.05, 3.63) is 23.3 Å². The molecule has 1 heterocycles. The van der Waals surface area contributed by atoms with Gasteiger partial charge in [0.2, 0.25) is 11.8 Å². The predicted octanol–water partition coefficient (Wildman–Crippen LogP) is 3.01. The van der Waals surface area contributed by atoms with Crippen LogP contribution in [0.4, 0.5) is 8.78 Å². The Morgan fingerprint density at radius 1 is 1.04 bits per heavy atom. The summed E-state index contributed by atoms with van der Waals surface area (Å²) in [6, 6.07) is 0. The molecule has 1 saturated heterocycles. The molecule has 0 saturated carbocycles. The van der Waals surface area contributed by atoms with Crippen LogP contribution < -0.4 is 0 Å². The van der Waals surface area contributed by atoms with E-state index in [1.807, 2.05) is 13.8 Å². The van der Waals surface area contributed by atoms with E-state index in [0.29, 0.717) is 38.2 Å². The van der Waals surface area contributed by atoms with Gasteiger partial charge in [0.25, 0.3) is 5.92 Å². The Morgan fingerprint density at radius 2 is 1.58 bits per heavy atom. The van der Waals surface area contributed by atoms with Gasteiger partial charge >= 0.3 is 0 Å². The molecule has 0 radical (unpaired) electrons. The van der Waals surface area contributed by atoms with E-state index in [4.69, 9.17) is 0 Å². The highest BCUT2D eigenvalue weighted by Crippen LogP contribution is 2.47. The Bertz CT molecular complexity index is 586. The van der Waals surface area contributed by atoms with E-state index in [2.05, 4.69) is 0 Å². The lowest BCUT2D eigenvalue weighted by atomic mass is 9.71. The molecular formula is C18H26F2N2O2. The van der Waals surface area contributed by atoms with Crippen LogP contribution in [-0.4, -0.2) is 53.7 Å². The maximum atomic E-state index is 14.0. The molecule has 0 aromatic carbocycles. The first-order valence-electron chi connectivity index (χ1n) is 8.37. The van der Waals surface area contributed by atoms with Crippen LogP contribution >= 0.6 is 0 Å². The van der Waals surface area contributed by atoms with Gasteiger partial charge in [-0.3, -0.25) is 9.59 Å². The molecule has 1 aliphatic carbocycles. The van der Waals surface area contributed by atoms with Crippen molar-refractivity contribution in [1.82, 2.24) is 9.80 Å². The van der Waals surface area contributed by atoms with Gasteiger partial charge in [0, 0.05) is 45.6 Å². The number of carbonyl (C=O) groups is 2. The molecule has 0 aromatic heterocycles. The first-order valence-corrected chi connectivity index (χ1v) is 8.37. The number of hydrogen-bond acceptors (Lipinski definition) is 2. The molecule has 2 rings (SSSR count). The Hall–Kier alpha value is -1.72. The Labute approximate surface area is 142 Å². The zero-order valence-corrected chi connectivity index (χ0v) is 14.9. The van der Waals surface area contributed by atoms with E-state index in [1.54, 1.807) is 15.9 Å². The predicted molar refractivity (Wildman–Crippen MR) is 88.6 cm³/mol. The first kappa shape index (κ1) is 18.6. The number of nitrogens with zero attached hydrogens (tertiary/aromatic N) is 2. The maximum Gasteiger partial charge on any atom is 0.269 e. The molecule has 0 spiro atoms. The molecule has 0 atom stereocenters. The van der Waals surface area contributed by atoms with Crippen LogP contribution in [0.5, 0.6) is 0 Å². The number of carbonyl (C=O) groups excluding carboxylic acids is 2. The molecule has 4 nitrogen and oxygen atoms in total. The van der Waals surface area contributed by atoms with Gasteiger partial charge in [-0.15, -0.1) is 0 Å². The van der Waals surface area contributed by atoms with E-state index in [9.17, 15) is 18.4 Å². The fraction of sp³-hybridized carbons (Fsp3) is 0.667. The molecule has 2 aliphatic rings. The van der Waals surface area contributed by atoms with Gasteiger partial charge in [-0.1, -0.05) is 19.9 Å². The van der Waals surface area contributed by atoms with Crippen molar-refractivity contribution in [2.75, 3.05) is 26.2 Å². The standard InChI is InChI=1S/C18H26F2N2O2/c1-13-15(17(3,4)7-8-18(13,19)20)5-6-16(24)22-11-9-21(10-12-22)14(2)23/h5-6H,7-12H2,1-4H3/b6-5+. The molecule has 0 aromatic rings. The highest BCUT2D eigenvalue weighted by atomic mass is 19.3. The molecule has 1 aliphatic heterocycles. The molecule has 1 fully saturated rings. The molecule has 0 unspecified atom stereocenters. The second-order valence-corrected chi connectivity index (χ2v) is 7.29. The van der Waals surface area contributed by atoms with Gasteiger partial charge in [-0.2, -0.15) is 0 Å². The number of rotatable bonds is 2. The Balaban J connectivity index is 2.09. The minimum Gasteiger partial charge on any atom is -0.339 e. The molecular weight excluding hydrogens is 314 g/mol. The molecule has 24 heavy (non-hydrogen) atoms. The lowest BCUT2D eigenvalue weighted by molar-refractivity contribution is -0.135. The van der Waals surface area contributed by atoms with Crippen molar-refractivity contribution in [2.24, 2.45) is 5.41 Å². The van der Waals surface area contributed by atoms with Crippen LogP contribution in [0.2, 0.25) is 0 Å². The van der Waals surface area contributed by atoms with Crippen LogP contribution in [-0.2, 0) is 9.59 Å². The minimum absolute atomic E-state index is 0.00427. The summed E-state index contributed by atoms with van der Waals surface area (Å²) in [7, 11) is 0. The molecule has 134 valence electrons. The summed E-state index contributed by atoms with van der Waals surface area (Å²) in [5.41, 5.74) is 0.245. The SMILES string of the molecule is CC(=O)N1CCN(C(=O)/C=C/C2=C(C)C(F)(F)CCC2(C)C)CC1. The number of piperazine rings is 1. The third-order valence-electron chi connectivity index (χ3n) is 5.17. The summed E-state index contributed by atoms with van der Waals surface area (Å²) < 4.78 is 27.9. The molecule has 2 amide bonds. The van der Waals surface area contributed by atoms with E-state index in [1.165, 1.54) is 19.9 Å². The van der Waals surface area contributed by atoms with E-state index in [-0.39, 0.29) is 29.2 Å². The van der Waals surface area contributed by atoms with Gasteiger partial charge in [0.05, 0.1) is 0 Å². The molecule has 6 heteroatoms. The average molecular weight is 340 g/mol. The normalized spacial score (nSPS) is 23.8. The monoisotopic (exact) mass is 340 g/mol. The van der Waals surface area contributed by atoms with Crippen molar-refractivity contribution >= 4 is 11.8 Å². The Morgan fingerprint density at radius 3 is 2.12 bits per heavy atom. The third-order valence-corrected chi connectivity index (χ3v) is 5.17. The fourth-order valence-corrected chi connectivity index (χ4v) is 3.35. The molecule has 0 N–H and O–H groups in total. The second kappa shape index (κ2) is 6.65. The van der Waals surface area contributed by atoms with Crippen LogP contribution in [0.1, 0.15) is 40.5 Å². The summed E-state index contributed by atoms with van der Waals surface area (Å²) in [6.07, 6.45) is 3.19. The summed E-state index contributed by atoms with van der Waals surface area (Å²) in [4.78, 5) is 27.0. The van der Waals surface area contributed by atoms with Crippen LogP contribution in [0.3, 0.4) is 0 Å². The van der Waals surface area contributed by atoms with Crippen molar-refractivity contribution < 1.29 is 18.4 Å². The average Bonchev–Trinajstić information content (AvgIpc) is 2.51. The first-order chi connectivity index (χ1) is 11.0. The number of hydrogen-bond donors (Lipinski definition) is 0. The highest BCUT2D eigenvalue weighted by Gasteiger charge is 2.42. The van der Waals surface area contributed by atoms with Gasteiger partial charge in [-0.25, -0.2) is 8.78 Å². The summed E-state index contributed by atoms with van der Waals surface area (Å²) in [6.45, 7) is 8.80. The van der Waals surface area contributed by atoms with Crippen molar-refractivity contribution in [2.45, 2.75) is 46.5 Å². The number of amides is 2. The van der Waals surface area contributed by atoms with E-state index < -0.39 is 5.92 Å².